The number of hydrogen-bond donors (Lipinski definition) is 1. The maximum absolute atomic E-state index is 12.9. The van der Waals surface area contributed by atoms with Gasteiger partial charge in [0.1, 0.15) is 11.4 Å². The van der Waals surface area contributed by atoms with Gasteiger partial charge in [0, 0.05) is 5.56 Å². The van der Waals surface area contributed by atoms with Crippen LogP contribution in [-0.2, 0) is 6.18 Å². The summed E-state index contributed by atoms with van der Waals surface area (Å²) in [7, 11) is 1.29. The van der Waals surface area contributed by atoms with Crippen molar-refractivity contribution in [2.24, 2.45) is 0 Å². The van der Waals surface area contributed by atoms with Crippen molar-refractivity contribution in [2.45, 2.75) is 6.18 Å². The number of nitrogens with zero attached hydrogens (tertiary/aromatic N) is 1. The van der Waals surface area contributed by atoms with E-state index in [2.05, 4.69) is 5.16 Å². The fourth-order valence-electron chi connectivity index (χ4n) is 1.53. The van der Waals surface area contributed by atoms with E-state index in [1.54, 1.807) is 0 Å². The average Bonchev–Trinajstić information content (AvgIpc) is 2.73. The molecule has 1 aromatic heterocycles. The number of alkyl halides is 3. The van der Waals surface area contributed by atoms with Crippen LogP contribution in [0.2, 0.25) is 0 Å². The third-order valence-corrected chi connectivity index (χ3v) is 2.37. The van der Waals surface area contributed by atoms with Gasteiger partial charge in [0.25, 0.3) is 0 Å². The number of halogens is 3. The van der Waals surface area contributed by atoms with Gasteiger partial charge >= 0.3 is 6.18 Å². The molecule has 0 radical (unpaired) electrons. The molecule has 0 bridgehead atoms. The zero-order chi connectivity index (χ0) is 13.3. The maximum Gasteiger partial charge on any atom is 0.417 e. The SMILES string of the molecule is COc1ccc(-c2oncc2N)c(C(F)(F)F)c1. The zero-order valence-electron chi connectivity index (χ0n) is 9.28. The molecular formula is C11H9F3N2O2. The fraction of sp³-hybridized carbons (Fsp3) is 0.182. The van der Waals surface area contributed by atoms with Crippen LogP contribution in [0, 0.1) is 0 Å². The van der Waals surface area contributed by atoms with Crippen LogP contribution in [-0.4, -0.2) is 12.3 Å². The van der Waals surface area contributed by atoms with Crippen molar-refractivity contribution in [3.05, 3.63) is 30.0 Å². The standard InChI is InChI=1S/C11H9F3N2O2/c1-17-6-2-3-7(8(4-6)11(12,13)14)10-9(15)5-16-18-10/h2-5H,15H2,1H3. The van der Waals surface area contributed by atoms with Gasteiger partial charge in [-0.3, -0.25) is 0 Å². The van der Waals surface area contributed by atoms with Crippen molar-refractivity contribution in [1.29, 1.82) is 0 Å². The minimum atomic E-state index is -4.54. The molecule has 0 fully saturated rings. The molecule has 2 N–H and O–H groups in total. The van der Waals surface area contributed by atoms with Crippen LogP contribution in [0.25, 0.3) is 11.3 Å². The molecule has 0 atom stereocenters. The summed E-state index contributed by atoms with van der Waals surface area (Å²) in [6.45, 7) is 0. The summed E-state index contributed by atoms with van der Waals surface area (Å²) in [6.07, 6.45) is -3.39. The second-order valence-electron chi connectivity index (χ2n) is 3.52. The van der Waals surface area contributed by atoms with E-state index in [-0.39, 0.29) is 22.8 Å². The Hall–Kier alpha value is -2.18. The molecule has 0 aliphatic carbocycles. The van der Waals surface area contributed by atoms with Crippen LogP contribution in [0.5, 0.6) is 5.75 Å². The third-order valence-electron chi connectivity index (χ3n) is 2.37. The highest BCUT2D eigenvalue weighted by atomic mass is 19.4. The van der Waals surface area contributed by atoms with Gasteiger partial charge in [-0.15, -0.1) is 0 Å². The second-order valence-corrected chi connectivity index (χ2v) is 3.52. The van der Waals surface area contributed by atoms with E-state index in [9.17, 15) is 13.2 Å². The van der Waals surface area contributed by atoms with Gasteiger partial charge in [-0.1, -0.05) is 5.16 Å². The first kappa shape index (κ1) is 12.3. The van der Waals surface area contributed by atoms with Gasteiger partial charge < -0.3 is 15.0 Å². The van der Waals surface area contributed by atoms with Gasteiger partial charge in [0.2, 0.25) is 0 Å². The number of aromatic nitrogens is 1. The predicted molar refractivity (Wildman–Crippen MR) is 57.9 cm³/mol. The molecule has 0 unspecified atom stereocenters. The summed E-state index contributed by atoms with van der Waals surface area (Å²) in [5.41, 5.74) is 4.50. The Bertz CT molecular complexity index is 564. The van der Waals surface area contributed by atoms with E-state index < -0.39 is 11.7 Å². The van der Waals surface area contributed by atoms with Crippen molar-refractivity contribution >= 4 is 5.69 Å². The van der Waals surface area contributed by atoms with Gasteiger partial charge in [0.15, 0.2) is 5.76 Å². The molecule has 2 rings (SSSR count). The Morgan fingerprint density at radius 1 is 1.33 bits per heavy atom. The van der Waals surface area contributed by atoms with Crippen LogP contribution in [0.15, 0.2) is 28.9 Å². The lowest BCUT2D eigenvalue weighted by Gasteiger charge is -2.12. The minimum absolute atomic E-state index is 0.0469. The quantitative estimate of drug-likeness (QED) is 0.899. The number of methoxy groups -OCH3 is 1. The van der Waals surface area contributed by atoms with Crippen LogP contribution >= 0.6 is 0 Å². The first-order valence-corrected chi connectivity index (χ1v) is 4.89. The molecule has 96 valence electrons. The van der Waals surface area contributed by atoms with E-state index in [0.717, 1.165) is 12.3 Å². The number of nitrogen functional groups attached to an aromatic ring is 1. The molecule has 0 aliphatic rings. The molecule has 4 nitrogen and oxygen atoms in total. The molecule has 18 heavy (non-hydrogen) atoms. The van der Waals surface area contributed by atoms with Crippen molar-refractivity contribution in [3.8, 4) is 17.1 Å². The zero-order valence-corrected chi connectivity index (χ0v) is 9.28. The van der Waals surface area contributed by atoms with Gasteiger partial charge in [0.05, 0.1) is 18.9 Å². The molecule has 7 heteroatoms. The minimum Gasteiger partial charge on any atom is -0.497 e. The van der Waals surface area contributed by atoms with Gasteiger partial charge in [-0.25, -0.2) is 0 Å². The van der Waals surface area contributed by atoms with Crippen molar-refractivity contribution in [2.75, 3.05) is 12.8 Å². The van der Waals surface area contributed by atoms with E-state index in [1.807, 2.05) is 0 Å². The summed E-state index contributed by atoms with van der Waals surface area (Å²) < 4.78 is 48.3. The molecule has 2 aromatic rings. The Morgan fingerprint density at radius 3 is 2.56 bits per heavy atom. The van der Waals surface area contributed by atoms with Crippen LogP contribution in [0.4, 0.5) is 18.9 Å². The molecule has 1 heterocycles. The normalized spacial score (nSPS) is 11.6. The van der Waals surface area contributed by atoms with Crippen LogP contribution in [0.1, 0.15) is 5.56 Å². The summed E-state index contributed by atoms with van der Waals surface area (Å²) in [4.78, 5) is 0. The molecule has 0 spiro atoms. The largest absolute Gasteiger partial charge is 0.497 e. The molecule has 0 aliphatic heterocycles. The van der Waals surface area contributed by atoms with E-state index in [4.69, 9.17) is 15.0 Å². The Kier molecular flexibility index (Phi) is 2.90. The van der Waals surface area contributed by atoms with Crippen molar-refractivity contribution < 1.29 is 22.4 Å². The van der Waals surface area contributed by atoms with Gasteiger partial charge in [-0.05, 0) is 18.2 Å². The predicted octanol–water partition coefficient (Wildman–Crippen LogP) is 2.95. The van der Waals surface area contributed by atoms with Crippen LogP contribution < -0.4 is 10.5 Å². The highest BCUT2D eigenvalue weighted by molar-refractivity contribution is 5.73. The summed E-state index contributed by atoms with van der Waals surface area (Å²) >= 11 is 0. The lowest BCUT2D eigenvalue weighted by Crippen LogP contribution is -2.07. The number of hydrogen-bond acceptors (Lipinski definition) is 4. The average molecular weight is 258 g/mol. The number of nitrogens with two attached hydrogens (primary N) is 1. The third kappa shape index (κ3) is 2.11. The summed E-state index contributed by atoms with van der Waals surface area (Å²) in [6, 6.07) is 3.52. The molecular weight excluding hydrogens is 249 g/mol. The van der Waals surface area contributed by atoms with Crippen LogP contribution in [0.3, 0.4) is 0 Å². The monoisotopic (exact) mass is 258 g/mol. The molecule has 0 amide bonds. The first-order valence-electron chi connectivity index (χ1n) is 4.89. The molecule has 0 saturated carbocycles. The smallest absolute Gasteiger partial charge is 0.417 e. The number of benzene rings is 1. The summed E-state index contributed by atoms with van der Waals surface area (Å²) in [5.74, 6) is -0.00543. The lowest BCUT2D eigenvalue weighted by molar-refractivity contribution is -0.137. The van der Waals surface area contributed by atoms with Gasteiger partial charge in [-0.2, -0.15) is 13.2 Å². The lowest BCUT2D eigenvalue weighted by atomic mass is 10.0. The second kappa shape index (κ2) is 4.25. The van der Waals surface area contributed by atoms with Crippen molar-refractivity contribution in [3.63, 3.8) is 0 Å². The fourth-order valence-corrected chi connectivity index (χ4v) is 1.53. The highest BCUT2D eigenvalue weighted by Gasteiger charge is 2.35. The Morgan fingerprint density at radius 2 is 2.06 bits per heavy atom. The topological polar surface area (TPSA) is 61.3 Å². The van der Waals surface area contributed by atoms with E-state index in [0.29, 0.717) is 0 Å². The number of ether oxygens (including phenoxy) is 1. The maximum atomic E-state index is 12.9. The summed E-state index contributed by atoms with van der Waals surface area (Å²) in [5, 5.41) is 3.37. The Balaban J connectivity index is 2.64. The first-order chi connectivity index (χ1) is 8.43. The number of rotatable bonds is 2. The van der Waals surface area contributed by atoms with E-state index >= 15 is 0 Å². The number of anilines is 1. The van der Waals surface area contributed by atoms with E-state index in [1.165, 1.54) is 19.2 Å². The van der Waals surface area contributed by atoms with Crippen molar-refractivity contribution in [1.82, 2.24) is 5.16 Å². The Labute approximate surface area is 100 Å². The molecule has 0 saturated heterocycles. The highest BCUT2D eigenvalue weighted by Crippen LogP contribution is 2.40. The molecule has 1 aromatic carbocycles.